The molecule has 1 aliphatic heterocycles. The van der Waals surface area contributed by atoms with E-state index in [1.807, 2.05) is 62.5 Å². The monoisotopic (exact) mass is 451 g/mol. The fourth-order valence-electron chi connectivity index (χ4n) is 3.72. The number of carbonyl (C=O) groups is 1. The zero-order chi connectivity index (χ0) is 22.3. The number of amides is 1. The molecule has 0 spiro atoms. The first-order valence-corrected chi connectivity index (χ1v) is 11.9. The zero-order valence-electron chi connectivity index (χ0n) is 18.5. The highest BCUT2D eigenvalue weighted by Crippen LogP contribution is 2.31. The van der Waals surface area contributed by atoms with Crippen molar-refractivity contribution in [3.05, 3.63) is 60.8 Å². The average Bonchev–Trinajstić information content (AvgIpc) is 3.47. The van der Waals surface area contributed by atoms with Crippen LogP contribution in [0.25, 0.3) is 11.3 Å². The minimum Gasteiger partial charge on any atom is -0.494 e. The van der Waals surface area contributed by atoms with Gasteiger partial charge < -0.3 is 19.4 Å². The number of rotatable bonds is 9. The van der Waals surface area contributed by atoms with Crippen molar-refractivity contribution in [1.82, 2.24) is 9.55 Å². The summed E-state index contributed by atoms with van der Waals surface area (Å²) >= 11 is 1.47. The number of carbonyl (C=O) groups excluding carboxylic acids is 1. The van der Waals surface area contributed by atoms with E-state index in [-0.39, 0.29) is 17.3 Å². The molecule has 2 heterocycles. The van der Waals surface area contributed by atoms with E-state index >= 15 is 0 Å². The summed E-state index contributed by atoms with van der Waals surface area (Å²) in [6, 6.07) is 17.6. The Bertz CT molecular complexity index is 1010. The van der Waals surface area contributed by atoms with E-state index in [0.29, 0.717) is 6.61 Å². The number of anilines is 1. The van der Waals surface area contributed by atoms with Crippen LogP contribution in [-0.4, -0.2) is 40.0 Å². The largest absolute Gasteiger partial charge is 0.494 e. The molecule has 2 aromatic carbocycles. The van der Waals surface area contributed by atoms with Crippen molar-refractivity contribution < 1.29 is 14.3 Å². The Morgan fingerprint density at radius 2 is 2.03 bits per heavy atom. The average molecular weight is 452 g/mol. The third-order valence-corrected chi connectivity index (χ3v) is 6.49. The van der Waals surface area contributed by atoms with Crippen molar-refractivity contribution in [1.29, 1.82) is 0 Å². The zero-order valence-corrected chi connectivity index (χ0v) is 19.3. The highest BCUT2D eigenvalue weighted by atomic mass is 32.2. The van der Waals surface area contributed by atoms with Gasteiger partial charge in [0, 0.05) is 12.3 Å². The molecule has 1 fully saturated rings. The lowest BCUT2D eigenvalue weighted by Gasteiger charge is -2.18. The topological polar surface area (TPSA) is 65.4 Å². The normalized spacial score (nSPS) is 16.6. The van der Waals surface area contributed by atoms with Crippen LogP contribution in [0.1, 0.15) is 26.7 Å². The van der Waals surface area contributed by atoms with Crippen LogP contribution in [0.4, 0.5) is 5.69 Å². The van der Waals surface area contributed by atoms with E-state index in [0.717, 1.165) is 53.8 Å². The van der Waals surface area contributed by atoms with Crippen LogP contribution in [0.2, 0.25) is 0 Å². The van der Waals surface area contributed by atoms with Crippen LogP contribution in [0, 0.1) is 0 Å². The predicted molar refractivity (Wildman–Crippen MR) is 128 cm³/mol. The van der Waals surface area contributed by atoms with Crippen molar-refractivity contribution in [2.45, 2.75) is 49.7 Å². The molecule has 0 saturated carbocycles. The third kappa shape index (κ3) is 5.53. The molecule has 3 aromatic rings. The number of imidazole rings is 1. The molecular weight excluding hydrogens is 422 g/mol. The molecule has 0 radical (unpaired) electrons. The summed E-state index contributed by atoms with van der Waals surface area (Å²) in [6.45, 7) is 6.01. The van der Waals surface area contributed by atoms with Gasteiger partial charge in [-0.1, -0.05) is 42.1 Å². The molecule has 1 amide bonds. The van der Waals surface area contributed by atoms with Gasteiger partial charge >= 0.3 is 0 Å². The summed E-state index contributed by atoms with van der Waals surface area (Å²) < 4.78 is 13.5. The smallest absolute Gasteiger partial charge is 0.237 e. The maximum Gasteiger partial charge on any atom is 0.237 e. The van der Waals surface area contributed by atoms with Gasteiger partial charge in [-0.2, -0.15) is 0 Å². The molecule has 0 bridgehead atoms. The van der Waals surface area contributed by atoms with Crippen LogP contribution in [0.5, 0.6) is 5.75 Å². The Balaban J connectivity index is 1.48. The van der Waals surface area contributed by atoms with Gasteiger partial charge in [0.25, 0.3) is 0 Å². The Morgan fingerprint density at radius 3 is 2.72 bits per heavy atom. The van der Waals surface area contributed by atoms with E-state index in [1.165, 1.54) is 11.8 Å². The van der Waals surface area contributed by atoms with Crippen molar-refractivity contribution in [3.63, 3.8) is 0 Å². The molecular formula is C25H29N3O3S. The van der Waals surface area contributed by atoms with Gasteiger partial charge in [0.1, 0.15) is 5.75 Å². The summed E-state index contributed by atoms with van der Waals surface area (Å²) in [5.41, 5.74) is 2.90. The minimum atomic E-state index is -0.309. The molecule has 168 valence electrons. The van der Waals surface area contributed by atoms with Gasteiger partial charge in [-0.15, -0.1) is 0 Å². The Kier molecular flexibility index (Phi) is 7.50. The lowest BCUT2D eigenvalue weighted by atomic mass is 10.1. The molecule has 1 N–H and O–H groups in total. The fourth-order valence-corrected chi connectivity index (χ4v) is 4.61. The predicted octanol–water partition coefficient (Wildman–Crippen LogP) is 5.25. The number of thioether (sulfide) groups is 1. The van der Waals surface area contributed by atoms with Gasteiger partial charge in [0.05, 0.1) is 36.4 Å². The Morgan fingerprint density at radius 1 is 1.25 bits per heavy atom. The molecule has 6 nitrogen and oxygen atoms in total. The first kappa shape index (κ1) is 22.4. The molecule has 2 unspecified atom stereocenters. The SMILES string of the molecule is CCOc1ccc(NC(=O)C(C)Sc2ncc(-c3ccccc3)n2CC2CCCO2)cc1. The summed E-state index contributed by atoms with van der Waals surface area (Å²) in [6.07, 6.45) is 4.20. The maximum absolute atomic E-state index is 12.8. The van der Waals surface area contributed by atoms with Crippen LogP contribution in [-0.2, 0) is 16.1 Å². The summed E-state index contributed by atoms with van der Waals surface area (Å²) in [5.74, 6) is 0.726. The van der Waals surface area contributed by atoms with E-state index in [1.54, 1.807) is 0 Å². The number of hydrogen-bond donors (Lipinski definition) is 1. The molecule has 7 heteroatoms. The van der Waals surface area contributed by atoms with Gasteiger partial charge in [0.15, 0.2) is 5.16 Å². The molecule has 1 aliphatic rings. The quantitative estimate of drug-likeness (QED) is 0.450. The van der Waals surface area contributed by atoms with Crippen LogP contribution >= 0.6 is 11.8 Å². The number of hydrogen-bond acceptors (Lipinski definition) is 5. The van der Waals surface area contributed by atoms with E-state index < -0.39 is 0 Å². The fraction of sp³-hybridized carbons (Fsp3) is 0.360. The van der Waals surface area contributed by atoms with E-state index in [9.17, 15) is 4.79 Å². The summed E-state index contributed by atoms with van der Waals surface area (Å²) in [7, 11) is 0. The van der Waals surface area contributed by atoms with E-state index in [4.69, 9.17) is 9.47 Å². The van der Waals surface area contributed by atoms with Crippen molar-refractivity contribution in [3.8, 4) is 17.0 Å². The van der Waals surface area contributed by atoms with Crippen molar-refractivity contribution in [2.24, 2.45) is 0 Å². The summed E-state index contributed by atoms with van der Waals surface area (Å²) in [5, 5.41) is 3.50. The highest BCUT2D eigenvalue weighted by molar-refractivity contribution is 8.00. The highest BCUT2D eigenvalue weighted by Gasteiger charge is 2.23. The Hall–Kier alpha value is -2.77. The minimum absolute atomic E-state index is 0.0629. The van der Waals surface area contributed by atoms with Gasteiger partial charge in [-0.05, 0) is 56.5 Å². The molecule has 1 aromatic heterocycles. The first-order valence-electron chi connectivity index (χ1n) is 11.1. The van der Waals surface area contributed by atoms with Gasteiger partial charge in [0.2, 0.25) is 5.91 Å². The maximum atomic E-state index is 12.8. The van der Waals surface area contributed by atoms with Gasteiger partial charge in [-0.3, -0.25) is 4.79 Å². The number of aromatic nitrogens is 2. The molecule has 1 saturated heterocycles. The first-order chi connectivity index (χ1) is 15.6. The number of nitrogens with one attached hydrogen (secondary N) is 1. The lowest BCUT2D eigenvalue weighted by Crippen LogP contribution is -2.23. The van der Waals surface area contributed by atoms with Crippen LogP contribution < -0.4 is 10.1 Å². The molecule has 32 heavy (non-hydrogen) atoms. The standard InChI is InChI=1S/C25H29N3O3S/c1-3-30-21-13-11-20(12-14-21)27-24(29)18(2)32-25-26-16-23(19-8-5-4-6-9-19)28(25)17-22-10-7-15-31-22/h4-6,8-9,11-14,16,18,22H,3,7,10,15,17H2,1-2H3,(H,27,29). The number of benzene rings is 2. The molecule has 4 rings (SSSR count). The molecule has 2 atom stereocenters. The number of nitrogens with zero attached hydrogens (tertiary/aromatic N) is 2. The lowest BCUT2D eigenvalue weighted by molar-refractivity contribution is -0.115. The second-order valence-corrected chi connectivity index (χ2v) is 9.05. The third-order valence-electron chi connectivity index (χ3n) is 5.38. The second-order valence-electron chi connectivity index (χ2n) is 7.74. The van der Waals surface area contributed by atoms with Crippen LogP contribution in [0.15, 0.2) is 66.0 Å². The number of ether oxygens (including phenoxy) is 2. The summed E-state index contributed by atoms with van der Waals surface area (Å²) in [4.78, 5) is 17.5. The second kappa shape index (κ2) is 10.7. The van der Waals surface area contributed by atoms with Gasteiger partial charge in [-0.25, -0.2) is 4.98 Å². The Labute approximate surface area is 193 Å². The van der Waals surface area contributed by atoms with Crippen LogP contribution in [0.3, 0.4) is 0 Å². The van der Waals surface area contributed by atoms with Crippen molar-refractivity contribution in [2.75, 3.05) is 18.5 Å². The van der Waals surface area contributed by atoms with E-state index in [2.05, 4.69) is 27.0 Å². The molecule has 0 aliphatic carbocycles. The van der Waals surface area contributed by atoms with Crippen molar-refractivity contribution >= 4 is 23.4 Å².